The Morgan fingerprint density at radius 2 is 1.57 bits per heavy atom. The van der Waals surface area contributed by atoms with Crippen molar-refractivity contribution in [3.05, 3.63) is 81.8 Å². The lowest BCUT2D eigenvalue weighted by Gasteiger charge is -2.16. The van der Waals surface area contributed by atoms with Crippen molar-refractivity contribution in [1.29, 1.82) is 0 Å². The summed E-state index contributed by atoms with van der Waals surface area (Å²) in [4.78, 5) is 0. The second-order valence-electron chi connectivity index (χ2n) is 5.45. The molecule has 3 aromatic rings. The van der Waals surface area contributed by atoms with Crippen LogP contribution in [-0.4, -0.2) is 0 Å². The molecule has 0 saturated heterocycles. The van der Waals surface area contributed by atoms with E-state index in [4.69, 9.17) is 5.73 Å². The molecule has 0 aromatic heterocycles. The van der Waals surface area contributed by atoms with Crippen LogP contribution in [0.5, 0.6) is 0 Å². The van der Waals surface area contributed by atoms with Gasteiger partial charge in [0.2, 0.25) is 0 Å². The van der Waals surface area contributed by atoms with Gasteiger partial charge in [-0.15, -0.1) is 0 Å². The predicted octanol–water partition coefficient (Wildman–Crippen LogP) is 5.15. The highest BCUT2D eigenvalue weighted by molar-refractivity contribution is 9.10. The highest BCUT2D eigenvalue weighted by Crippen LogP contribution is 2.27. The van der Waals surface area contributed by atoms with Crippen LogP contribution in [0.3, 0.4) is 0 Å². The summed E-state index contributed by atoms with van der Waals surface area (Å²) in [5.74, 6) is 0. The molecule has 0 spiro atoms. The van der Waals surface area contributed by atoms with E-state index >= 15 is 0 Å². The molecule has 106 valence electrons. The minimum absolute atomic E-state index is 0.0108. The number of nitrogens with two attached hydrogens (primary N) is 1. The van der Waals surface area contributed by atoms with Crippen LogP contribution in [0, 0.1) is 6.92 Å². The molecule has 0 aliphatic heterocycles. The zero-order chi connectivity index (χ0) is 14.8. The maximum Gasteiger partial charge on any atom is 0.0341 e. The van der Waals surface area contributed by atoms with Gasteiger partial charge in [-0.2, -0.15) is 0 Å². The van der Waals surface area contributed by atoms with Gasteiger partial charge in [-0.25, -0.2) is 0 Å². The largest absolute Gasteiger partial charge is 0.324 e. The van der Waals surface area contributed by atoms with Crippen LogP contribution in [0.1, 0.15) is 22.7 Å². The van der Waals surface area contributed by atoms with Gasteiger partial charge in [0.1, 0.15) is 0 Å². The Labute approximate surface area is 133 Å². The number of benzene rings is 3. The molecule has 0 heterocycles. The first-order chi connectivity index (χ1) is 10.1. The van der Waals surface area contributed by atoms with E-state index in [1.807, 2.05) is 0 Å². The van der Waals surface area contributed by atoms with Crippen LogP contribution < -0.4 is 5.73 Å². The molecule has 0 amide bonds. The molecule has 1 unspecified atom stereocenters. The lowest BCUT2D eigenvalue weighted by atomic mass is 9.93. The molecule has 1 atom stereocenters. The van der Waals surface area contributed by atoms with E-state index < -0.39 is 0 Å². The van der Waals surface area contributed by atoms with E-state index in [9.17, 15) is 0 Å². The fourth-order valence-corrected chi connectivity index (χ4v) is 3.05. The Morgan fingerprint density at radius 1 is 0.905 bits per heavy atom. The van der Waals surface area contributed by atoms with Crippen LogP contribution >= 0.6 is 15.9 Å². The summed E-state index contributed by atoms with van der Waals surface area (Å²) in [6, 6.07) is 21.2. The molecule has 0 fully saturated rings. The summed E-state index contributed by atoms with van der Waals surface area (Å²) in [5, 5.41) is 2.56. The van der Waals surface area contributed by atoms with Crippen LogP contribution in [0.15, 0.2) is 65.1 Å². The predicted molar refractivity (Wildman–Crippen MR) is 93.5 cm³/mol. The standard InChI is InChI=1S/C19H18BrN/c1-13-6-11-18(17-5-3-2-4-16(13)17)19(21)12-14-7-9-15(20)10-8-14/h2-11,19H,12,21H2,1H3. The Morgan fingerprint density at radius 3 is 2.29 bits per heavy atom. The number of hydrogen-bond acceptors (Lipinski definition) is 1. The summed E-state index contributed by atoms with van der Waals surface area (Å²) in [6.45, 7) is 2.15. The van der Waals surface area contributed by atoms with Gasteiger partial charge in [-0.3, -0.25) is 0 Å². The van der Waals surface area contributed by atoms with Gasteiger partial charge in [-0.05, 0) is 52.9 Å². The normalized spacial score (nSPS) is 12.5. The summed E-state index contributed by atoms with van der Waals surface area (Å²) < 4.78 is 1.10. The topological polar surface area (TPSA) is 26.0 Å². The van der Waals surface area contributed by atoms with Crippen molar-refractivity contribution in [3.63, 3.8) is 0 Å². The number of halogens is 1. The molecule has 0 radical (unpaired) electrons. The zero-order valence-corrected chi connectivity index (χ0v) is 13.6. The third kappa shape index (κ3) is 3.02. The molecule has 3 aromatic carbocycles. The van der Waals surface area contributed by atoms with Crippen molar-refractivity contribution in [2.75, 3.05) is 0 Å². The molecule has 0 bridgehead atoms. The summed E-state index contributed by atoms with van der Waals surface area (Å²) in [6.07, 6.45) is 0.848. The van der Waals surface area contributed by atoms with E-state index in [1.165, 1.54) is 27.5 Å². The van der Waals surface area contributed by atoms with Gasteiger partial charge >= 0.3 is 0 Å². The number of aryl methyl sites for hydroxylation is 1. The molecular formula is C19H18BrN. The average molecular weight is 340 g/mol. The van der Waals surface area contributed by atoms with Crippen LogP contribution in [0.25, 0.3) is 10.8 Å². The minimum Gasteiger partial charge on any atom is -0.324 e. The first kappa shape index (κ1) is 14.3. The lowest BCUT2D eigenvalue weighted by Crippen LogP contribution is -2.14. The van der Waals surface area contributed by atoms with Crippen molar-refractivity contribution in [3.8, 4) is 0 Å². The molecule has 0 aliphatic carbocycles. The molecule has 2 heteroatoms. The van der Waals surface area contributed by atoms with E-state index in [0.29, 0.717) is 0 Å². The fraction of sp³-hybridized carbons (Fsp3) is 0.158. The number of hydrogen-bond donors (Lipinski definition) is 1. The van der Waals surface area contributed by atoms with Crippen molar-refractivity contribution >= 4 is 26.7 Å². The highest BCUT2D eigenvalue weighted by Gasteiger charge is 2.11. The first-order valence-corrected chi connectivity index (χ1v) is 7.93. The van der Waals surface area contributed by atoms with E-state index in [-0.39, 0.29) is 6.04 Å². The second kappa shape index (κ2) is 6.00. The maximum absolute atomic E-state index is 6.47. The lowest BCUT2D eigenvalue weighted by molar-refractivity contribution is 0.728. The van der Waals surface area contributed by atoms with Gasteiger partial charge in [0.15, 0.2) is 0 Å². The smallest absolute Gasteiger partial charge is 0.0341 e. The molecule has 0 saturated carbocycles. The van der Waals surface area contributed by atoms with Crippen LogP contribution in [0.2, 0.25) is 0 Å². The Hall–Kier alpha value is -1.64. The van der Waals surface area contributed by atoms with Gasteiger partial charge < -0.3 is 5.73 Å². The first-order valence-electron chi connectivity index (χ1n) is 7.13. The van der Waals surface area contributed by atoms with Gasteiger partial charge in [0.05, 0.1) is 0 Å². The van der Waals surface area contributed by atoms with Crippen molar-refractivity contribution < 1.29 is 0 Å². The Bertz CT molecular complexity index is 762. The van der Waals surface area contributed by atoms with Crippen LogP contribution in [-0.2, 0) is 6.42 Å². The van der Waals surface area contributed by atoms with E-state index in [2.05, 4.69) is 83.5 Å². The van der Waals surface area contributed by atoms with Crippen LogP contribution in [0.4, 0.5) is 0 Å². The SMILES string of the molecule is Cc1ccc(C(N)Cc2ccc(Br)cc2)c2ccccc12. The van der Waals surface area contributed by atoms with E-state index in [1.54, 1.807) is 0 Å². The minimum atomic E-state index is 0.0108. The molecular weight excluding hydrogens is 322 g/mol. The molecule has 3 rings (SSSR count). The third-order valence-electron chi connectivity index (χ3n) is 3.94. The van der Waals surface area contributed by atoms with Gasteiger partial charge in [-0.1, -0.05) is 64.5 Å². The summed E-state index contributed by atoms with van der Waals surface area (Å²) in [7, 11) is 0. The fourth-order valence-electron chi connectivity index (χ4n) is 2.78. The number of fused-ring (bicyclic) bond motifs is 1. The second-order valence-corrected chi connectivity index (χ2v) is 6.37. The Kier molecular flexibility index (Phi) is 4.09. The van der Waals surface area contributed by atoms with Gasteiger partial charge in [0.25, 0.3) is 0 Å². The maximum atomic E-state index is 6.47. The molecule has 0 aliphatic rings. The van der Waals surface area contributed by atoms with Crippen molar-refractivity contribution in [1.82, 2.24) is 0 Å². The highest BCUT2D eigenvalue weighted by atomic mass is 79.9. The van der Waals surface area contributed by atoms with Gasteiger partial charge in [0, 0.05) is 10.5 Å². The van der Waals surface area contributed by atoms with Crippen molar-refractivity contribution in [2.45, 2.75) is 19.4 Å². The van der Waals surface area contributed by atoms with E-state index in [0.717, 1.165) is 10.9 Å². The number of rotatable bonds is 3. The average Bonchev–Trinajstić information content (AvgIpc) is 2.50. The quantitative estimate of drug-likeness (QED) is 0.701. The summed E-state index contributed by atoms with van der Waals surface area (Å²) >= 11 is 3.47. The molecule has 21 heavy (non-hydrogen) atoms. The monoisotopic (exact) mass is 339 g/mol. The third-order valence-corrected chi connectivity index (χ3v) is 4.47. The summed E-state index contributed by atoms with van der Waals surface area (Å²) in [5.41, 5.74) is 10.2. The zero-order valence-electron chi connectivity index (χ0n) is 12.0. The molecule has 1 nitrogen and oxygen atoms in total. The molecule has 2 N–H and O–H groups in total. The Balaban J connectivity index is 1.96. The van der Waals surface area contributed by atoms with Crippen molar-refractivity contribution in [2.24, 2.45) is 5.73 Å².